The van der Waals surface area contributed by atoms with Crippen molar-refractivity contribution in [3.05, 3.63) is 0 Å². The molecule has 5 heteroatoms. The van der Waals surface area contributed by atoms with Gasteiger partial charge < -0.3 is 14.9 Å². The second-order valence-electron chi connectivity index (χ2n) is 3.73. The second kappa shape index (κ2) is 9.15. The van der Waals surface area contributed by atoms with Crippen LogP contribution in [-0.2, 0) is 14.3 Å². The first-order valence-electron chi connectivity index (χ1n) is 5.61. The molecule has 0 aliphatic carbocycles. The molecule has 0 aliphatic rings. The van der Waals surface area contributed by atoms with Gasteiger partial charge in [-0.2, -0.15) is 0 Å². The molecule has 0 rings (SSSR count). The van der Waals surface area contributed by atoms with Crippen LogP contribution in [-0.4, -0.2) is 34.9 Å². The smallest absolute Gasteiger partial charge is 0.305 e. The molecule has 0 bridgehead atoms. The number of aliphatic carboxylic acids is 1. The average Bonchev–Trinajstić information content (AvgIpc) is 2.22. The molecule has 1 atom stereocenters. The van der Waals surface area contributed by atoms with E-state index < -0.39 is 12.1 Å². The van der Waals surface area contributed by atoms with Gasteiger partial charge in [0.2, 0.25) is 0 Å². The molecule has 0 aliphatic heterocycles. The molecule has 94 valence electrons. The van der Waals surface area contributed by atoms with Crippen molar-refractivity contribution in [2.45, 2.75) is 51.6 Å². The first-order chi connectivity index (χ1) is 7.56. The Kier molecular flexibility index (Phi) is 8.52. The Hall–Kier alpha value is -1.10. The maximum absolute atomic E-state index is 11.1. The number of unbranched alkanes of at least 4 members (excludes halogenated alkanes) is 1. The highest BCUT2D eigenvalue weighted by Crippen LogP contribution is 2.03. The minimum Gasteiger partial charge on any atom is -0.481 e. The zero-order valence-corrected chi connectivity index (χ0v) is 9.65. The molecule has 0 amide bonds. The fourth-order valence-electron chi connectivity index (χ4n) is 1.22. The van der Waals surface area contributed by atoms with E-state index in [2.05, 4.69) is 0 Å². The van der Waals surface area contributed by atoms with Gasteiger partial charge in [-0.15, -0.1) is 0 Å². The van der Waals surface area contributed by atoms with E-state index in [1.54, 1.807) is 0 Å². The zero-order valence-electron chi connectivity index (χ0n) is 9.65. The Balaban J connectivity index is 3.41. The number of esters is 1. The topological polar surface area (TPSA) is 83.8 Å². The lowest BCUT2D eigenvalue weighted by Gasteiger charge is -2.09. The fourth-order valence-corrected chi connectivity index (χ4v) is 1.22. The predicted molar refractivity (Wildman–Crippen MR) is 58.0 cm³/mol. The van der Waals surface area contributed by atoms with Gasteiger partial charge in [0, 0.05) is 12.8 Å². The summed E-state index contributed by atoms with van der Waals surface area (Å²) < 4.78 is 4.83. The van der Waals surface area contributed by atoms with Crippen LogP contribution in [0.5, 0.6) is 0 Å². The second-order valence-corrected chi connectivity index (χ2v) is 3.73. The number of hydrogen-bond acceptors (Lipinski definition) is 4. The van der Waals surface area contributed by atoms with E-state index in [1.165, 1.54) is 0 Å². The van der Waals surface area contributed by atoms with Gasteiger partial charge in [-0.1, -0.05) is 13.3 Å². The van der Waals surface area contributed by atoms with Gasteiger partial charge in [-0.3, -0.25) is 9.59 Å². The molecule has 0 fully saturated rings. The number of aliphatic hydroxyl groups is 1. The highest BCUT2D eigenvalue weighted by molar-refractivity contribution is 5.69. The minimum atomic E-state index is -0.855. The van der Waals surface area contributed by atoms with Crippen LogP contribution in [0.15, 0.2) is 0 Å². The monoisotopic (exact) mass is 232 g/mol. The first-order valence-corrected chi connectivity index (χ1v) is 5.61. The van der Waals surface area contributed by atoms with Crippen molar-refractivity contribution >= 4 is 11.9 Å². The normalized spacial score (nSPS) is 12.1. The SMILES string of the molecule is CCCC(O)COC(=O)CCCCC(=O)O. The van der Waals surface area contributed by atoms with Gasteiger partial charge >= 0.3 is 11.9 Å². The lowest BCUT2D eigenvalue weighted by molar-refractivity contribution is -0.147. The van der Waals surface area contributed by atoms with Crippen molar-refractivity contribution in [2.24, 2.45) is 0 Å². The Labute approximate surface area is 95.4 Å². The molecule has 0 saturated carbocycles. The van der Waals surface area contributed by atoms with E-state index in [-0.39, 0.29) is 25.4 Å². The van der Waals surface area contributed by atoms with Crippen LogP contribution in [0.4, 0.5) is 0 Å². The van der Waals surface area contributed by atoms with Crippen molar-refractivity contribution in [3.8, 4) is 0 Å². The maximum Gasteiger partial charge on any atom is 0.305 e. The Morgan fingerprint density at radius 3 is 2.44 bits per heavy atom. The molecule has 0 aromatic heterocycles. The van der Waals surface area contributed by atoms with E-state index in [0.29, 0.717) is 19.3 Å². The standard InChI is InChI=1S/C11H20O5/c1-2-5-9(12)8-16-11(15)7-4-3-6-10(13)14/h9,12H,2-8H2,1H3,(H,13,14). The van der Waals surface area contributed by atoms with Crippen LogP contribution in [0.25, 0.3) is 0 Å². The number of ether oxygens (including phenoxy) is 1. The molecule has 0 radical (unpaired) electrons. The Morgan fingerprint density at radius 2 is 1.88 bits per heavy atom. The summed E-state index contributed by atoms with van der Waals surface area (Å²) in [5.41, 5.74) is 0. The summed E-state index contributed by atoms with van der Waals surface area (Å²) in [6, 6.07) is 0. The summed E-state index contributed by atoms with van der Waals surface area (Å²) in [4.78, 5) is 21.3. The molecule has 5 nitrogen and oxygen atoms in total. The number of carboxylic acid groups (broad SMARTS) is 1. The van der Waals surface area contributed by atoms with E-state index in [1.807, 2.05) is 6.92 Å². The van der Waals surface area contributed by atoms with Gasteiger partial charge in [0.05, 0.1) is 6.10 Å². The predicted octanol–water partition coefficient (Wildman–Crippen LogP) is 1.34. The first kappa shape index (κ1) is 14.9. The summed E-state index contributed by atoms with van der Waals surface area (Å²) in [5.74, 6) is -1.23. The third kappa shape index (κ3) is 9.45. The summed E-state index contributed by atoms with van der Waals surface area (Å²) in [6.07, 6.45) is 2.14. The Morgan fingerprint density at radius 1 is 1.25 bits per heavy atom. The third-order valence-corrected chi connectivity index (χ3v) is 2.08. The van der Waals surface area contributed by atoms with Gasteiger partial charge in [-0.05, 0) is 19.3 Å². The molecule has 0 saturated heterocycles. The molecular weight excluding hydrogens is 212 g/mol. The summed E-state index contributed by atoms with van der Waals surface area (Å²) in [7, 11) is 0. The van der Waals surface area contributed by atoms with Crippen LogP contribution < -0.4 is 0 Å². The number of carboxylic acids is 1. The minimum absolute atomic E-state index is 0.0333. The number of rotatable bonds is 9. The van der Waals surface area contributed by atoms with Crippen LogP contribution >= 0.6 is 0 Å². The van der Waals surface area contributed by atoms with Crippen LogP contribution in [0.2, 0.25) is 0 Å². The number of carbonyl (C=O) groups excluding carboxylic acids is 1. The van der Waals surface area contributed by atoms with E-state index in [0.717, 1.165) is 6.42 Å². The molecule has 16 heavy (non-hydrogen) atoms. The number of carbonyl (C=O) groups is 2. The lowest BCUT2D eigenvalue weighted by atomic mass is 10.2. The quantitative estimate of drug-likeness (QED) is 0.463. The highest BCUT2D eigenvalue weighted by Gasteiger charge is 2.08. The average molecular weight is 232 g/mol. The van der Waals surface area contributed by atoms with Gasteiger partial charge in [-0.25, -0.2) is 0 Å². The van der Waals surface area contributed by atoms with Crippen molar-refractivity contribution in [3.63, 3.8) is 0 Å². The van der Waals surface area contributed by atoms with Crippen molar-refractivity contribution < 1.29 is 24.5 Å². The number of aliphatic hydroxyl groups excluding tert-OH is 1. The van der Waals surface area contributed by atoms with Gasteiger partial charge in [0.1, 0.15) is 6.61 Å². The van der Waals surface area contributed by atoms with Crippen molar-refractivity contribution in [2.75, 3.05) is 6.61 Å². The van der Waals surface area contributed by atoms with Crippen LogP contribution in [0.3, 0.4) is 0 Å². The summed E-state index contributed by atoms with van der Waals surface area (Å²) in [5, 5.41) is 17.7. The molecular formula is C11H20O5. The Bertz CT molecular complexity index is 214. The van der Waals surface area contributed by atoms with E-state index >= 15 is 0 Å². The zero-order chi connectivity index (χ0) is 12.4. The van der Waals surface area contributed by atoms with Crippen LogP contribution in [0, 0.1) is 0 Å². The third-order valence-electron chi connectivity index (χ3n) is 2.08. The maximum atomic E-state index is 11.1. The summed E-state index contributed by atoms with van der Waals surface area (Å²) in [6.45, 7) is 1.97. The molecule has 0 heterocycles. The van der Waals surface area contributed by atoms with Crippen LogP contribution in [0.1, 0.15) is 45.4 Å². The van der Waals surface area contributed by atoms with Crippen molar-refractivity contribution in [1.82, 2.24) is 0 Å². The lowest BCUT2D eigenvalue weighted by Crippen LogP contribution is -2.18. The highest BCUT2D eigenvalue weighted by atomic mass is 16.5. The molecule has 0 aromatic carbocycles. The number of hydrogen-bond donors (Lipinski definition) is 2. The molecule has 0 spiro atoms. The fraction of sp³-hybridized carbons (Fsp3) is 0.818. The summed E-state index contributed by atoms with van der Waals surface area (Å²) >= 11 is 0. The molecule has 0 aromatic rings. The van der Waals surface area contributed by atoms with Crippen molar-refractivity contribution in [1.29, 1.82) is 0 Å². The largest absolute Gasteiger partial charge is 0.481 e. The van der Waals surface area contributed by atoms with Gasteiger partial charge in [0.15, 0.2) is 0 Å². The van der Waals surface area contributed by atoms with Gasteiger partial charge in [0.25, 0.3) is 0 Å². The van der Waals surface area contributed by atoms with E-state index in [4.69, 9.17) is 9.84 Å². The molecule has 2 N–H and O–H groups in total. The molecule has 1 unspecified atom stereocenters. The van der Waals surface area contributed by atoms with E-state index in [9.17, 15) is 14.7 Å².